The summed E-state index contributed by atoms with van der Waals surface area (Å²) in [5.74, 6) is 0. The third-order valence-corrected chi connectivity index (χ3v) is 4.68. The molecule has 106 valence electrons. The third-order valence-electron chi connectivity index (χ3n) is 4.68. The van der Waals surface area contributed by atoms with E-state index in [1.165, 1.54) is 36.9 Å². The maximum atomic E-state index is 5.90. The highest BCUT2D eigenvalue weighted by Crippen LogP contribution is 2.37. The lowest BCUT2D eigenvalue weighted by Crippen LogP contribution is -2.37. The fourth-order valence-corrected chi connectivity index (χ4v) is 3.00. The Hall–Kier alpha value is -1.02. The van der Waals surface area contributed by atoms with Crippen LogP contribution in [0.3, 0.4) is 0 Å². The Bertz CT molecular complexity index is 396. The molecule has 1 aromatic rings. The average Bonchev–Trinajstić information content (AvgIpc) is 2.38. The van der Waals surface area contributed by atoms with E-state index in [4.69, 9.17) is 5.73 Å². The molecular weight excluding hydrogens is 232 g/mol. The van der Waals surface area contributed by atoms with Gasteiger partial charge in [-0.3, -0.25) is 0 Å². The van der Waals surface area contributed by atoms with Crippen LogP contribution in [0, 0.1) is 5.41 Å². The van der Waals surface area contributed by atoms with Crippen LogP contribution in [0.15, 0.2) is 24.3 Å². The van der Waals surface area contributed by atoms with Crippen LogP contribution >= 0.6 is 0 Å². The van der Waals surface area contributed by atoms with E-state index in [0.29, 0.717) is 11.5 Å². The lowest BCUT2D eigenvalue weighted by Gasteiger charge is -2.39. The maximum absolute atomic E-state index is 5.90. The SMILES string of the molecule is C[C@H](N)c1ccc(N(C)C2CCC(C)(C)CC2)cc1. The number of nitrogens with zero attached hydrogens (tertiary/aromatic N) is 1. The lowest BCUT2D eigenvalue weighted by atomic mass is 9.75. The molecule has 1 atom stereocenters. The van der Waals surface area contributed by atoms with Crippen molar-refractivity contribution in [3.05, 3.63) is 29.8 Å². The van der Waals surface area contributed by atoms with E-state index >= 15 is 0 Å². The monoisotopic (exact) mass is 260 g/mol. The van der Waals surface area contributed by atoms with Crippen molar-refractivity contribution in [1.82, 2.24) is 0 Å². The first-order valence-electron chi connectivity index (χ1n) is 7.47. The Morgan fingerprint density at radius 3 is 2.16 bits per heavy atom. The minimum atomic E-state index is 0.120. The molecule has 0 saturated heterocycles. The fourth-order valence-electron chi connectivity index (χ4n) is 3.00. The van der Waals surface area contributed by atoms with Gasteiger partial charge in [0.2, 0.25) is 0 Å². The number of hydrogen-bond acceptors (Lipinski definition) is 2. The minimum absolute atomic E-state index is 0.120. The van der Waals surface area contributed by atoms with Crippen LogP contribution in [0.5, 0.6) is 0 Å². The number of hydrogen-bond donors (Lipinski definition) is 1. The summed E-state index contributed by atoms with van der Waals surface area (Å²) in [5, 5.41) is 0. The molecule has 0 amide bonds. The molecule has 0 aliphatic heterocycles. The van der Waals surface area contributed by atoms with Crippen LogP contribution < -0.4 is 10.6 Å². The smallest absolute Gasteiger partial charge is 0.0366 e. The Balaban J connectivity index is 2.02. The molecule has 1 fully saturated rings. The Kier molecular flexibility index (Phi) is 4.19. The second-order valence-electron chi connectivity index (χ2n) is 6.89. The molecule has 0 aromatic heterocycles. The zero-order valence-electron chi connectivity index (χ0n) is 12.8. The molecule has 1 saturated carbocycles. The number of rotatable bonds is 3. The summed E-state index contributed by atoms with van der Waals surface area (Å²) >= 11 is 0. The van der Waals surface area contributed by atoms with Gasteiger partial charge in [-0.05, 0) is 55.7 Å². The van der Waals surface area contributed by atoms with Crippen LogP contribution in [0.25, 0.3) is 0 Å². The van der Waals surface area contributed by atoms with E-state index in [2.05, 4.69) is 50.1 Å². The summed E-state index contributed by atoms with van der Waals surface area (Å²) in [7, 11) is 2.23. The van der Waals surface area contributed by atoms with Gasteiger partial charge < -0.3 is 10.6 Å². The van der Waals surface area contributed by atoms with E-state index in [0.717, 1.165) is 0 Å². The molecule has 1 aliphatic rings. The molecular formula is C17H28N2. The Morgan fingerprint density at radius 2 is 1.68 bits per heavy atom. The van der Waals surface area contributed by atoms with Gasteiger partial charge in [-0.2, -0.15) is 0 Å². The van der Waals surface area contributed by atoms with Crippen LogP contribution in [-0.2, 0) is 0 Å². The standard InChI is InChI=1S/C17H28N2/c1-13(18)14-5-7-15(8-6-14)19(4)16-9-11-17(2,3)12-10-16/h5-8,13,16H,9-12,18H2,1-4H3/t13-/m0/s1. The van der Waals surface area contributed by atoms with E-state index in [9.17, 15) is 0 Å². The van der Waals surface area contributed by atoms with Gasteiger partial charge >= 0.3 is 0 Å². The highest BCUT2D eigenvalue weighted by atomic mass is 15.1. The van der Waals surface area contributed by atoms with E-state index < -0.39 is 0 Å². The van der Waals surface area contributed by atoms with Gasteiger partial charge in [-0.25, -0.2) is 0 Å². The van der Waals surface area contributed by atoms with Gasteiger partial charge in [0.15, 0.2) is 0 Å². The van der Waals surface area contributed by atoms with Crippen molar-refractivity contribution < 1.29 is 0 Å². The number of nitrogens with two attached hydrogens (primary N) is 1. The van der Waals surface area contributed by atoms with Gasteiger partial charge in [-0.15, -0.1) is 0 Å². The minimum Gasteiger partial charge on any atom is -0.372 e. The second kappa shape index (κ2) is 5.54. The highest BCUT2D eigenvalue weighted by molar-refractivity contribution is 5.48. The van der Waals surface area contributed by atoms with Gasteiger partial charge in [0.1, 0.15) is 0 Å². The predicted molar refractivity (Wildman–Crippen MR) is 83.5 cm³/mol. The van der Waals surface area contributed by atoms with Crippen LogP contribution in [-0.4, -0.2) is 13.1 Å². The topological polar surface area (TPSA) is 29.3 Å². The highest BCUT2D eigenvalue weighted by Gasteiger charge is 2.28. The molecule has 0 unspecified atom stereocenters. The summed E-state index contributed by atoms with van der Waals surface area (Å²) in [4.78, 5) is 2.44. The zero-order valence-corrected chi connectivity index (χ0v) is 12.8. The molecule has 2 N–H and O–H groups in total. The Morgan fingerprint density at radius 1 is 1.16 bits per heavy atom. The first-order chi connectivity index (χ1) is 8.89. The maximum Gasteiger partial charge on any atom is 0.0366 e. The third kappa shape index (κ3) is 3.50. The molecule has 2 nitrogen and oxygen atoms in total. The molecule has 1 aliphatic carbocycles. The van der Waals surface area contributed by atoms with Crippen molar-refractivity contribution >= 4 is 5.69 Å². The molecule has 2 heteroatoms. The van der Waals surface area contributed by atoms with Crippen molar-refractivity contribution in [1.29, 1.82) is 0 Å². The largest absolute Gasteiger partial charge is 0.372 e. The first kappa shape index (κ1) is 14.4. The summed E-state index contributed by atoms with van der Waals surface area (Å²) in [6, 6.07) is 9.53. The fraction of sp³-hybridized carbons (Fsp3) is 0.647. The van der Waals surface area contributed by atoms with Gasteiger partial charge in [0.05, 0.1) is 0 Å². The van der Waals surface area contributed by atoms with Crippen molar-refractivity contribution in [3.63, 3.8) is 0 Å². The predicted octanol–water partition coefficient (Wildman–Crippen LogP) is 4.11. The molecule has 0 radical (unpaired) electrons. The number of benzene rings is 1. The summed E-state index contributed by atoms with van der Waals surface area (Å²) in [6.45, 7) is 6.81. The van der Waals surface area contributed by atoms with Crippen LogP contribution in [0.1, 0.15) is 58.1 Å². The van der Waals surface area contributed by atoms with Crippen molar-refractivity contribution in [2.75, 3.05) is 11.9 Å². The average molecular weight is 260 g/mol. The molecule has 0 spiro atoms. The molecule has 1 aromatic carbocycles. The molecule has 19 heavy (non-hydrogen) atoms. The lowest BCUT2D eigenvalue weighted by molar-refractivity contribution is 0.222. The van der Waals surface area contributed by atoms with Crippen molar-refractivity contribution in [2.24, 2.45) is 11.1 Å². The van der Waals surface area contributed by atoms with Crippen molar-refractivity contribution in [2.45, 2.75) is 58.5 Å². The molecule has 2 rings (SSSR count). The Labute approximate surface area is 118 Å². The second-order valence-corrected chi connectivity index (χ2v) is 6.89. The van der Waals surface area contributed by atoms with Crippen molar-refractivity contribution in [3.8, 4) is 0 Å². The van der Waals surface area contributed by atoms with E-state index in [1.54, 1.807) is 0 Å². The van der Waals surface area contributed by atoms with Crippen LogP contribution in [0.2, 0.25) is 0 Å². The normalized spacial score (nSPS) is 21.1. The summed E-state index contributed by atoms with van der Waals surface area (Å²) in [5.41, 5.74) is 8.96. The zero-order chi connectivity index (χ0) is 14.0. The van der Waals surface area contributed by atoms with E-state index in [-0.39, 0.29) is 6.04 Å². The summed E-state index contributed by atoms with van der Waals surface area (Å²) in [6.07, 6.45) is 5.27. The van der Waals surface area contributed by atoms with Crippen LogP contribution in [0.4, 0.5) is 5.69 Å². The summed E-state index contributed by atoms with van der Waals surface area (Å²) < 4.78 is 0. The number of anilines is 1. The van der Waals surface area contributed by atoms with Gasteiger partial charge in [0.25, 0.3) is 0 Å². The van der Waals surface area contributed by atoms with Gasteiger partial charge in [0, 0.05) is 24.8 Å². The first-order valence-corrected chi connectivity index (χ1v) is 7.47. The van der Waals surface area contributed by atoms with Gasteiger partial charge in [-0.1, -0.05) is 26.0 Å². The van der Waals surface area contributed by atoms with E-state index in [1.807, 2.05) is 6.92 Å². The molecule has 0 heterocycles. The molecule has 0 bridgehead atoms. The quantitative estimate of drug-likeness (QED) is 0.886.